The molecule has 2 aromatic carbocycles. The van der Waals surface area contributed by atoms with E-state index in [1.807, 2.05) is 67.4 Å². The molecule has 0 radical (unpaired) electrons. The topological polar surface area (TPSA) is 83.9 Å². The Morgan fingerprint density at radius 3 is 2.37 bits per heavy atom. The molecule has 0 saturated carbocycles. The maximum absolute atomic E-state index is 11.7. The lowest BCUT2D eigenvalue weighted by atomic mass is 10.0. The Morgan fingerprint density at radius 1 is 1.15 bits per heavy atom. The van der Waals surface area contributed by atoms with E-state index in [0.717, 1.165) is 22.4 Å². The maximum atomic E-state index is 11.7. The summed E-state index contributed by atoms with van der Waals surface area (Å²) in [6.45, 7) is 2.26. The van der Waals surface area contributed by atoms with Gasteiger partial charge in [-0.05, 0) is 31.2 Å². The molecule has 0 saturated heterocycles. The summed E-state index contributed by atoms with van der Waals surface area (Å²) in [4.78, 5) is 12.5. The monoisotopic (exact) mass is 391 g/mol. The van der Waals surface area contributed by atoms with Gasteiger partial charge in [-0.3, -0.25) is 9.69 Å². The van der Waals surface area contributed by atoms with E-state index in [1.54, 1.807) is 7.11 Å². The van der Waals surface area contributed by atoms with Gasteiger partial charge in [-0.25, -0.2) is 8.42 Å². The number of hydrogen-bond acceptors (Lipinski definition) is 5. The minimum atomic E-state index is -3.60. The Bertz CT molecular complexity index is 878. The zero-order valence-corrected chi connectivity index (χ0v) is 16.6. The number of nitrogens with zero attached hydrogens (tertiary/aromatic N) is 1. The van der Waals surface area contributed by atoms with Gasteiger partial charge in [-0.15, -0.1) is 0 Å². The molecule has 0 spiro atoms. The molecule has 1 atom stereocenters. The van der Waals surface area contributed by atoms with Crippen molar-refractivity contribution in [1.29, 1.82) is 0 Å². The fourth-order valence-corrected chi connectivity index (χ4v) is 3.90. The molecule has 2 aromatic rings. The van der Waals surface area contributed by atoms with Crippen LogP contribution < -0.4 is 4.74 Å². The first-order chi connectivity index (χ1) is 12.7. The molecule has 0 heterocycles. The van der Waals surface area contributed by atoms with Crippen molar-refractivity contribution in [3.63, 3.8) is 0 Å². The summed E-state index contributed by atoms with van der Waals surface area (Å²) in [6, 6.07) is 15.8. The van der Waals surface area contributed by atoms with E-state index < -0.39 is 21.6 Å². The summed E-state index contributed by atoms with van der Waals surface area (Å²) in [5.41, 5.74) is 3.09. The molecule has 7 heteroatoms. The molecule has 0 bridgehead atoms. The van der Waals surface area contributed by atoms with Crippen LogP contribution in [0.15, 0.2) is 48.5 Å². The lowest BCUT2D eigenvalue weighted by Gasteiger charge is -2.25. The second kappa shape index (κ2) is 9.01. The van der Waals surface area contributed by atoms with Crippen molar-refractivity contribution in [2.75, 3.05) is 32.2 Å². The van der Waals surface area contributed by atoms with Gasteiger partial charge in [0.25, 0.3) is 0 Å². The number of sulfone groups is 1. The molecule has 0 amide bonds. The SMILES string of the molecule is COc1ccccc1-c1ccc(C(C)N(C)CCS(=O)(=O)CC(=O)O)cc1. The summed E-state index contributed by atoms with van der Waals surface area (Å²) < 4.78 is 28.9. The predicted molar refractivity (Wildman–Crippen MR) is 106 cm³/mol. The molecular formula is C20H25NO5S. The van der Waals surface area contributed by atoms with E-state index >= 15 is 0 Å². The van der Waals surface area contributed by atoms with Crippen LogP contribution in [0.2, 0.25) is 0 Å². The molecule has 1 N–H and O–H groups in total. The Labute approximate surface area is 160 Å². The number of carboxylic acid groups (broad SMARTS) is 1. The van der Waals surface area contributed by atoms with Gasteiger partial charge in [0.05, 0.1) is 12.9 Å². The number of benzene rings is 2. The lowest BCUT2D eigenvalue weighted by Crippen LogP contribution is -2.30. The first kappa shape index (κ1) is 20.9. The molecule has 0 aliphatic heterocycles. The third-order valence-electron chi connectivity index (χ3n) is 4.57. The van der Waals surface area contributed by atoms with Gasteiger partial charge in [-0.1, -0.05) is 42.5 Å². The molecule has 0 aliphatic carbocycles. The van der Waals surface area contributed by atoms with Crippen molar-refractivity contribution >= 4 is 15.8 Å². The number of carboxylic acids is 1. The van der Waals surface area contributed by atoms with E-state index in [-0.39, 0.29) is 18.3 Å². The zero-order chi connectivity index (χ0) is 20.0. The molecule has 27 heavy (non-hydrogen) atoms. The van der Waals surface area contributed by atoms with Crippen molar-refractivity contribution in [2.45, 2.75) is 13.0 Å². The van der Waals surface area contributed by atoms with E-state index in [1.165, 1.54) is 0 Å². The van der Waals surface area contributed by atoms with Gasteiger partial charge in [-0.2, -0.15) is 0 Å². The van der Waals surface area contributed by atoms with Gasteiger partial charge in [0, 0.05) is 18.2 Å². The highest BCUT2D eigenvalue weighted by Crippen LogP contribution is 2.30. The summed E-state index contributed by atoms with van der Waals surface area (Å²) in [5.74, 6) is -1.53. The summed E-state index contributed by atoms with van der Waals surface area (Å²) >= 11 is 0. The van der Waals surface area contributed by atoms with E-state index in [9.17, 15) is 13.2 Å². The van der Waals surface area contributed by atoms with Crippen molar-refractivity contribution < 1.29 is 23.1 Å². The normalized spacial score (nSPS) is 12.7. The average Bonchev–Trinajstić information content (AvgIpc) is 2.64. The summed E-state index contributed by atoms with van der Waals surface area (Å²) in [6.07, 6.45) is 0. The largest absolute Gasteiger partial charge is 0.496 e. The number of para-hydroxylation sites is 1. The zero-order valence-electron chi connectivity index (χ0n) is 15.8. The number of carbonyl (C=O) groups is 1. The Kier molecular flexibility index (Phi) is 6.98. The van der Waals surface area contributed by atoms with Crippen LogP contribution in [0.1, 0.15) is 18.5 Å². The first-order valence-electron chi connectivity index (χ1n) is 8.59. The fraction of sp³-hybridized carbons (Fsp3) is 0.350. The second-order valence-corrected chi connectivity index (χ2v) is 8.65. The third-order valence-corrected chi connectivity index (χ3v) is 6.06. The lowest BCUT2D eigenvalue weighted by molar-refractivity contribution is -0.134. The van der Waals surface area contributed by atoms with E-state index in [4.69, 9.17) is 9.84 Å². The summed E-state index contributed by atoms with van der Waals surface area (Å²) in [7, 11) is -0.127. The van der Waals surface area contributed by atoms with Gasteiger partial charge in [0.2, 0.25) is 0 Å². The Hall–Kier alpha value is -2.38. The molecule has 146 valence electrons. The molecule has 0 aliphatic rings. The smallest absolute Gasteiger partial charge is 0.318 e. The quantitative estimate of drug-likeness (QED) is 0.708. The van der Waals surface area contributed by atoms with Crippen LogP contribution in [-0.2, 0) is 14.6 Å². The highest BCUT2D eigenvalue weighted by atomic mass is 32.2. The number of rotatable bonds is 9. The molecule has 6 nitrogen and oxygen atoms in total. The number of methoxy groups -OCH3 is 1. The Morgan fingerprint density at radius 2 is 1.78 bits per heavy atom. The van der Waals surface area contributed by atoms with E-state index in [2.05, 4.69) is 0 Å². The highest BCUT2D eigenvalue weighted by molar-refractivity contribution is 7.92. The van der Waals surface area contributed by atoms with E-state index in [0.29, 0.717) is 0 Å². The van der Waals surface area contributed by atoms with Gasteiger partial charge < -0.3 is 9.84 Å². The third kappa shape index (κ3) is 5.80. The van der Waals surface area contributed by atoms with Crippen LogP contribution in [-0.4, -0.2) is 56.6 Å². The Balaban J connectivity index is 2.06. The first-order valence-corrected chi connectivity index (χ1v) is 10.4. The average molecular weight is 391 g/mol. The van der Waals surface area contributed by atoms with Crippen LogP contribution >= 0.6 is 0 Å². The van der Waals surface area contributed by atoms with Gasteiger partial charge in [0.1, 0.15) is 11.5 Å². The minimum absolute atomic E-state index is 0.00301. The summed E-state index contributed by atoms with van der Waals surface area (Å²) in [5, 5.41) is 8.66. The van der Waals surface area contributed by atoms with Crippen LogP contribution in [0.5, 0.6) is 5.75 Å². The molecule has 0 aromatic heterocycles. The predicted octanol–water partition coefficient (Wildman–Crippen LogP) is 2.85. The highest BCUT2D eigenvalue weighted by Gasteiger charge is 2.19. The minimum Gasteiger partial charge on any atom is -0.496 e. The van der Waals surface area contributed by atoms with Gasteiger partial charge in [0.15, 0.2) is 9.84 Å². The number of ether oxygens (including phenoxy) is 1. The second-order valence-electron chi connectivity index (χ2n) is 6.46. The van der Waals surface area contributed by atoms with Gasteiger partial charge >= 0.3 is 5.97 Å². The standard InChI is InChI=1S/C20H25NO5S/c1-15(21(2)12-13-27(24,25)14-20(22)23)16-8-10-17(11-9-16)18-6-4-5-7-19(18)26-3/h4-11,15H,12-14H2,1-3H3,(H,22,23). The molecule has 2 rings (SSSR count). The fourth-order valence-electron chi connectivity index (χ4n) is 2.82. The van der Waals surface area contributed by atoms with Crippen LogP contribution in [0, 0.1) is 0 Å². The number of hydrogen-bond donors (Lipinski definition) is 1. The maximum Gasteiger partial charge on any atom is 0.318 e. The van der Waals surface area contributed by atoms with Crippen LogP contribution in [0.3, 0.4) is 0 Å². The van der Waals surface area contributed by atoms with Crippen molar-refractivity contribution in [1.82, 2.24) is 4.90 Å². The van der Waals surface area contributed by atoms with Crippen molar-refractivity contribution in [2.24, 2.45) is 0 Å². The molecule has 1 unspecified atom stereocenters. The number of aliphatic carboxylic acids is 1. The molecular weight excluding hydrogens is 366 g/mol. The van der Waals surface area contributed by atoms with Crippen molar-refractivity contribution in [3.8, 4) is 16.9 Å². The van der Waals surface area contributed by atoms with Crippen LogP contribution in [0.25, 0.3) is 11.1 Å². The van der Waals surface area contributed by atoms with Crippen LogP contribution in [0.4, 0.5) is 0 Å². The molecule has 0 fully saturated rings. The van der Waals surface area contributed by atoms with Crippen molar-refractivity contribution in [3.05, 3.63) is 54.1 Å².